The third-order valence-electron chi connectivity index (χ3n) is 5.25. The first-order chi connectivity index (χ1) is 15.1. The number of amides is 1. The summed E-state index contributed by atoms with van der Waals surface area (Å²) in [6, 6.07) is 18.1. The quantitative estimate of drug-likeness (QED) is 0.425. The summed E-state index contributed by atoms with van der Waals surface area (Å²) >= 11 is 8.05. The number of hydrogen-bond donors (Lipinski definition) is 1. The Morgan fingerprint density at radius 2 is 1.94 bits per heavy atom. The number of halogens is 1. The Kier molecular flexibility index (Phi) is 7.27. The molecule has 4 rings (SSSR count). The lowest BCUT2D eigenvalue weighted by Gasteiger charge is -2.32. The van der Waals surface area contributed by atoms with Crippen LogP contribution in [0.3, 0.4) is 0 Å². The standard InChI is InChI=1S/C23H26ClN5OS/c1-17-16-28(14-13-25-17)21(30)12-7-15-31-23-27-26-22(19-10-5-6-11-20(19)24)29(23)18-8-3-2-4-9-18/h2-6,8-11,17,25H,7,12-16H2,1H3. The molecule has 2 aromatic carbocycles. The van der Waals surface area contributed by atoms with E-state index in [0.29, 0.717) is 23.3 Å². The van der Waals surface area contributed by atoms with Crippen molar-refractivity contribution < 1.29 is 4.79 Å². The fourth-order valence-electron chi connectivity index (χ4n) is 3.69. The van der Waals surface area contributed by atoms with Crippen molar-refractivity contribution in [3.05, 3.63) is 59.6 Å². The summed E-state index contributed by atoms with van der Waals surface area (Å²) in [6.07, 6.45) is 1.35. The topological polar surface area (TPSA) is 63.1 Å². The third kappa shape index (κ3) is 5.29. The second-order valence-electron chi connectivity index (χ2n) is 7.60. The summed E-state index contributed by atoms with van der Waals surface area (Å²) in [5.41, 5.74) is 1.83. The fourth-order valence-corrected chi connectivity index (χ4v) is 4.81. The van der Waals surface area contributed by atoms with E-state index in [9.17, 15) is 4.79 Å². The van der Waals surface area contributed by atoms with Gasteiger partial charge in [-0.3, -0.25) is 9.36 Å². The number of nitrogens with zero attached hydrogens (tertiary/aromatic N) is 4. The fraction of sp³-hybridized carbons (Fsp3) is 0.348. The Morgan fingerprint density at radius 1 is 1.16 bits per heavy atom. The van der Waals surface area contributed by atoms with Crippen LogP contribution < -0.4 is 5.32 Å². The SMILES string of the molecule is CC1CN(C(=O)CCCSc2nnc(-c3ccccc3Cl)n2-c2ccccc2)CCN1. The van der Waals surface area contributed by atoms with E-state index in [2.05, 4.69) is 22.4 Å². The highest BCUT2D eigenvalue weighted by atomic mass is 35.5. The van der Waals surface area contributed by atoms with Crippen molar-refractivity contribution in [1.82, 2.24) is 25.0 Å². The molecule has 1 atom stereocenters. The zero-order valence-electron chi connectivity index (χ0n) is 17.5. The average Bonchev–Trinajstić information content (AvgIpc) is 3.21. The van der Waals surface area contributed by atoms with E-state index in [1.54, 1.807) is 11.8 Å². The van der Waals surface area contributed by atoms with Crippen LogP contribution in [0.25, 0.3) is 17.1 Å². The van der Waals surface area contributed by atoms with Crippen LogP contribution in [0, 0.1) is 0 Å². The lowest BCUT2D eigenvalue weighted by Crippen LogP contribution is -2.51. The summed E-state index contributed by atoms with van der Waals surface area (Å²) < 4.78 is 2.03. The van der Waals surface area contributed by atoms with Gasteiger partial charge in [-0.15, -0.1) is 10.2 Å². The van der Waals surface area contributed by atoms with Gasteiger partial charge >= 0.3 is 0 Å². The smallest absolute Gasteiger partial charge is 0.222 e. The molecule has 6 nitrogen and oxygen atoms in total. The second-order valence-corrected chi connectivity index (χ2v) is 9.07. The van der Waals surface area contributed by atoms with E-state index in [4.69, 9.17) is 11.6 Å². The number of aromatic nitrogens is 3. The number of rotatable bonds is 7. The molecule has 2 heterocycles. The zero-order valence-corrected chi connectivity index (χ0v) is 19.1. The molecule has 31 heavy (non-hydrogen) atoms. The van der Waals surface area contributed by atoms with Crippen LogP contribution in [0.15, 0.2) is 59.8 Å². The van der Waals surface area contributed by atoms with Crippen molar-refractivity contribution in [1.29, 1.82) is 0 Å². The van der Waals surface area contributed by atoms with Crippen molar-refractivity contribution in [2.75, 3.05) is 25.4 Å². The van der Waals surface area contributed by atoms with E-state index in [0.717, 1.165) is 48.2 Å². The number of carbonyl (C=O) groups is 1. The van der Waals surface area contributed by atoms with Crippen molar-refractivity contribution >= 4 is 29.3 Å². The van der Waals surface area contributed by atoms with Gasteiger partial charge in [0.05, 0.1) is 5.02 Å². The Morgan fingerprint density at radius 3 is 2.71 bits per heavy atom. The van der Waals surface area contributed by atoms with E-state index < -0.39 is 0 Å². The van der Waals surface area contributed by atoms with Gasteiger partial charge in [-0.1, -0.05) is 53.7 Å². The molecule has 8 heteroatoms. The summed E-state index contributed by atoms with van der Waals surface area (Å²) in [5, 5.41) is 13.7. The number of carbonyl (C=O) groups excluding carboxylic acids is 1. The molecule has 1 amide bonds. The summed E-state index contributed by atoms with van der Waals surface area (Å²) in [4.78, 5) is 14.5. The van der Waals surface area contributed by atoms with Gasteiger partial charge in [-0.05, 0) is 37.6 Å². The first-order valence-corrected chi connectivity index (χ1v) is 11.9. The van der Waals surface area contributed by atoms with Gasteiger partial charge in [-0.25, -0.2) is 0 Å². The van der Waals surface area contributed by atoms with Crippen LogP contribution in [0.2, 0.25) is 5.02 Å². The predicted octanol–water partition coefficient (Wildman–Crippen LogP) is 4.28. The van der Waals surface area contributed by atoms with Crippen molar-refractivity contribution in [3.63, 3.8) is 0 Å². The van der Waals surface area contributed by atoms with Gasteiger partial charge in [0.15, 0.2) is 11.0 Å². The van der Waals surface area contributed by atoms with Gasteiger partial charge in [0.25, 0.3) is 0 Å². The number of thioether (sulfide) groups is 1. The molecule has 1 saturated heterocycles. The molecule has 1 aromatic heterocycles. The first kappa shape index (κ1) is 21.9. The molecule has 0 aliphatic carbocycles. The zero-order chi connectivity index (χ0) is 21.6. The highest BCUT2D eigenvalue weighted by molar-refractivity contribution is 7.99. The highest BCUT2D eigenvalue weighted by Gasteiger charge is 2.21. The van der Waals surface area contributed by atoms with Crippen LogP contribution in [0.4, 0.5) is 0 Å². The van der Waals surface area contributed by atoms with Gasteiger partial charge in [0, 0.05) is 49.1 Å². The number of nitrogens with one attached hydrogen (secondary N) is 1. The summed E-state index contributed by atoms with van der Waals surface area (Å²) in [6.45, 7) is 4.56. The van der Waals surface area contributed by atoms with Crippen LogP contribution in [-0.2, 0) is 4.79 Å². The van der Waals surface area contributed by atoms with Crippen LogP contribution in [0.5, 0.6) is 0 Å². The second kappa shape index (κ2) is 10.3. The monoisotopic (exact) mass is 455 g/mol. The maximum absolute atomic E-state index is 12.5. The van der Waals surface area contributed by atoms with E-state index >= 15 is 0 Å². The third-order valence-corrected chi connectivity index (χ3v) is 6.59. The maximum atomic E-state index is 12.5. The van der Waals surface area contributed by atoms with E-state index in [-0.39, 0.29) is 5.91 Å². The van der Waals surface area contributed by atoms with Crippen molar-refractivity contribution in [3.8, 4) is 17.1 Å². The molecule has 0 spiro atoms. The Hall–Kier alpha value is -2.35. The largest absolute Gasteiger partial charge is 0.340 e. The molecule has 1 aliphatic rings. The Labute approximate surface area is 192 Å². The molecule has 1 N–H and O–H groups in total. The van der Waals surface area contributed by atoms with Crippen LogP contribution in [-0.4, -0.2) is 57.0 Å². The average molecular weight is 456 g/mol. The number of para-hydroxylation sites is 1. The lowest BCUT2D eigenvalue weighted by atomic mass is 10.2. The highest BCUT2D eigenvalue weighted by Crippen LogP contribution is 2.32. The molecule has 1 fully saturated rings. The molecule has 3 aromatic rings. The van der Waals surface area contributed by atoms with Crippen molar-refractivity contribution in [2.45, 2.75) is 31.0 Å². The molecule has 0 saturated carbocycles. The lowest BCUT2D eigenvalue weighted by molar-refractivity contribution is -0.132. The minimum absolute atomic E-state index is 0.232. The minimum atomic E-state index is 0.232. The van der Waals surface area contributed by atoms with Crippen LogP contribution >= 0.6 is 23.4 Å². The summed E-state index contributed by atoms with van der Waals surface area (Å²) in [5.74, 6) is 1.74. The van der Waals surface area contributed by atoms with Gasteiger partial charge in [0.1, 0.15) is 0 Å². The summed E-state index contributed by atoms with van der Waals surface area (Å²) in [7, 11) is 0. The molecule has 1 unspecified atom stereocenters. The molecule has 0 radical (unpaired) electrons. The van der Waals surface area contributed by atoms with Gasteiger partial charge in [0.2, 0.25) is 5.91 Å². The van der Waals surface area contributed by atoms with Crippen LogP contribution in [0.1, 0.15) is 19.8 Å². The first-order valence-electron chi connectivity index (χ1n) is 10.5. The Bertz CT molecular complexity index is 1030. The number of piperazine rings is 1. The molecular weight excluding hydrogens is 430 g/mol. The molecular formula is C23H26ClN5OS. The maximum Gasteiger partial charge on any atom is 0.222 e. The van der Waals surface area contributed by atoms with Gasteiger partial charge in [-0.2, -0.15) is 0 Å². The number of hydrogen-bond acceptors (Lipinski definition) is 5. The number of benzene rings is 2. The van der Waals surface area contributed by atoms with Gasteiger partial charge < -0.3 is 10.2 Å². The molecule has 0 bridgehead atoms. The van der Waals surface area contributed by atoms with Crippen molar-refractivity contribution in [2.24, 2.45) is 0 Å². The minimum Gasteiger partial charge on any atom is -0.340 e. The van der Waals surface area contributed by atoms with E-state index in [1.165, 1.54) is 0 Å². The molecule has 1 aliphatic heterocycles. The van der Waals surface area contributed by atoms with E-state index in [1.807, 2.05) is 64.1 Å². The molecule has 162 valence electrons. The Balaban J connectivity index is 1.46. The predicted molar refractivity (Wildman–Crippen MR) is 126 cm³/mol. The normalized spacial score (nSPS) is 16.5.